The molecule has 0 spiro atoms. The summed E-state index contributed by atoms with van der Waals surface area (Å²) in [5.41, 5.74) is 0.613. The predicted octanol–water partition coefficient (Wildman–Crippen LogP) is 4.74. The smallest absolute Gasteiger partial charge is 0.324 e. The van der Waals surface area contributed by atoms with Crippen LogP contribution in [0.2, 0.25) is 0 Å². The Balaban J connectivity index is 2.48. The summed E-state index contributed by atoms with van der Waals surface area (Å²) in [6.07, 6.45) is 9.42. The molecule has 240 valence electrons. The van der Waals surface area contributed by atoms with Crippen LogP contribution in [0.3, 0.4) is 0 Å². The number of unbranched alkanes of at least 4 members (excludes halogenated alkanes) is 2. The van der Waals surface area contributed by atoms with Crippen molar-refractivity contribution >= 4 is 11.9 Å². The van der Waals surface area contributed by atoms with Gasteiger partial charge in [-0.1, -0.05) is 58.4 Å². The van der Waals surface area contributed by atoms with Gasteiger partial charge in [0.1, 0.15) is 18.2 Å². The van der Waals surface area contributed by atoms with Crippen LogP contribution in [0.1, 0.15) is 90.5 Å². The van der Waals surface area contributed by atoms with Crippen LogP contribution in [0.5, 0.6) is 11.5 Å². The number of rotatable bonds is 20. The Morgan fingerprint density at radius 2 is 1.79 bits per heavy atom. The van der Waals surface area contributed by atoms with E-state index in [4.69, 9.17) is 14.2 Å². The predicted molar refractivity (Wildman–Crippen MR) is 167 cm³/mol. The highest BCUT2D eigenvalue weighted by atomic mass is 16.6. The van der Waals surface area contributed by atoms with E-state index in [-0.39, 0.29) is 29.2 Å². The van der Waals surface area contributed by atoms with Crippen molar-refractivity contribution < 1.29 is 28.9 Å². The van der Waals surface area contributed by atoms with E-state index in [9.17, 15) is 14.7 Å². The zero-order chi connectivity index (χ0) is 31.0. The fourth-order valence-electron chi connectivity index (χ4n) is 6.44. The topological polar surface area (TPSA) is 118 Å². The summed E-state index contributed by atoms with van der Waals surface area (Å²) in [6, 6.07) is 4.93. The van der Waals surface area contributed by atoms with Crippen LogP contribution in [0.25, 0.3) is 0 Å². The van der Waals surface area contributed by atoms with Gasteiger partial charge in [-0.2, -0.15) is 0 Å². The van der Waals surface area contributed by atoms with Gasteiger partial charge in [-0.25, -0.2) is 0 Å². The maximum Gasteiger partial charge on any atom is 0.324 e. The maximum absolute atomic E-state index is 13.6. The molecule has 1 aliphatic heterocycles. The fraction of sp³-hybridized carbons (Fsp3) is 0.758. The number of hydrogen-bond donors (Lipinski definition) is 4. The van der Waals surface area contributed by atoms with E-state index in [1.54, 1.807) is 20.2 Å². The Morgan fingerprint density at radius 3 is 2.38 bits per heavy atom. The van der Waals surface area contributed by atoms with Gasteiger partial charge in [0.2, 0.25) is 0 Å². The summed E-state index contributed by atoms with van der Waals surface area (Å²) >= 11 is 0. The van der Waals surface area contributed by atoms with Crippen molar-refractivity contribution in [1.82, 2.24) is 16.0 Å². The van der Waals surface area contributed by atoms with Gasteiger partial charge in [-0.05, 0) is 76.5 Å². The van der Waals surface area contributed by atoms with E-state index in [2.05, 4.69) is 29.8 Å². The first-order valence-electron chi connectivity index (χ1n) is 16.0. The van der Waals surface area contributed by atoms with Gasteiger partial charge in [-0.3, -0.25) is 9.59 Å². The molecule has 4 unspecified atom stereocenters. The number of carbonyl (C=O) groups is 2. The molecule has 1 aliphatic rings. The lowest BCUT2D eigenvalue weighted by molar-refractivity contribution is -0.167. The van der Waals surface area contributed by atoms with Gasteiger partial charge < -0.3 is 35.3 Å². The Morgan fingerprint density at radius 1 is 1.05 bits per heavy atom. The molecular weight excluding hydrogens is 534 g/mol. The van der Waals surface area contributed by atoms with Crippen LogP contribution in [-0.2, 0) is 25.5 Å². The van der Waals surface area contributed by atoms with Crippen LogP contribution < -0.4 is 20.7 Å². The van der Waals surface area contributed by atoms with E-state index >= 15 is 0 Å². The van der Waals surface area contributed by atoms with Gasteiger partial charge in [0.05, 0.1) is 7.11 Å². The van der Waals surface area contributed by atoms with Gasteiger partial charge in [0.15, 0.2) is 11.5 Å². The molecule has 4 N–H and O–H groups in total. The summed E-state index contributed by atoms with van der Waals surface area (Å²) < 4.78 is 17.9. The lowest BCUT2D eigenvalue weighted by atomic mass is 9.68. The minimum atomic E-state index is -0.501. The number of likely N-dealkylation sites (N-methyl/N-ethyl adjacent to an activating group) is 2. The molecule has 9 heteroatoms. The van der Waals surface area contributed by atoms with Gasteiger partial charge in [0.25, 0.3) is 0 Å². The van der Waals surface area contributed by atoms with E-state index in [1.165, 1.54) is 26.2 Å². The lowest BCUT2D eigenvalue weighted by Crippen LogP contribution is -2.52. The van der Waals surface area contributed by atoms with Crippen molar-refractivity contribution in [2.45, 2.75) is 110 Å². The number of ether oxygens (including phenoxy) is 3. The normalized spacial score (nSPS) is 17.6. The maximum atomic E-state index is 13.6. The van der Waals surface area contributed by atoms with Crippen molar-refractivity contribution in [2.24, 2.45) is 11.3 Å². The highest BCUT2D eigenvalue weighted by Gasteiger charge is 2.44. The molecule has 4 atom stereocenters. The Kier molecular flexibility index (Phi) is 16.2. The average molecular weight is 592 g/mol. The molecule has 1 aromatic carbocycles. The number of hydrogen-bond acceptors (Lipinski definition) is 9. The Bertz CT molecular complexity index is 936. The van der Waals surface area contributed by atoms with Crippen LogP contribution in [0.15, 0.2) is 18.2 Å². The number of piperidine rings is 1. The second-order valence-electron chi connectivity index (χ2n) is 12.0. The monoisotopic (exact) mass is 591 g/mol. The van der Waals surface area contributed by atoms with E-state index in [0.29, 0.717) is 31.1 Å². The van der Waals surface area contributed by atoms with E-state index in [1.807, 2.05) is 19.2 Å². The Hall–Kier alpha value is -2.36. The van der Waals surface area contributed by atoms with Crippen molar-refractivity contribution in [3.8, 4) is 11.5 Å². The highest BCUT2D eigenvalue weighted by molar-refractivity contribution is 5.76. The van der Waals surface area contributed by atoms with Crippen LogP contribution in [-0.4, -0.2) is 76.1 Å². The summed E-state index contributed by atoms with van der Waals surface area (Å²) in [5.74, 6) is 0.337. The number of phenolic OH excluding ortho intramolecular Hbond substituents is 1. The summed E-state index contributed by atoms with van der Waals surface area (Å²) in [4.78, 5) is 25.9. The highest BCUT2D eigenvalue weighted by Crippen LogP contribution is 2.42. The molecule has 1 heterocycles. The van der Waals surface area contributed by atoms with E-state index in [0.717, 1.165) is 57.2 Å². The third kappa shape index (κ3) is 11.4. The fourth-order valence-corrected chi connectivity index (χ4v) is 6.44. The van der Waals surface area contributed by atoms with E-state index < -0.39 is 12.1 Å². The number of aromatic hydroxyl groups is 1. The van der Waals surface area contributed by atoms with Crippen molar-refractivity contribution in [2.75, 3.05) is 40.8 Å². The van der Waals surface area contributed by atoms with Gasteiger partial charge >= 0.3 is 11.9 Å². The molecule has 42 heavy (non-hydrogen) atoms. The third-order valence-corrected chi connectivity index (χ3v) is 8.70. The summed E-state index contributed by atoms with van der Waals surface area (Å²) in [5, 5.41) is 19.8. The van der Waals surface area contributed by atoms with Crippen LogP contribution in [0, 0.1) is 11.3 Å². The van der Waals surface area contributed by atoms with Gasteiger partial charge in [-0.15, -0.1) is 0 Å². The third-order valence-electron chi connectivity index (χ3n) is 8.70. The molecule has 0 radical (unpaired) electrons. The SMILES string of the molecule is CCCCCC(CCC)CC(CC(OC(=O)C(CNC)NC)C1(Cc2ccc(O)c(OC)c2)CCNCC1)OC(C)=O. The molecule has 0 aromatic heterocycles. The lowest BCUT2D eigenvalue weighted by Gasteiger charge is -2.45. The van der Waals surface area contributed by atoms with Crippen LogP contribution in [0.4, 0.5) is 0 Å². The zero-order valence-corrected chi connectivity index (χ0v) is 26.9. The standard InChI is InChI=1S/C33H57N3O6/c1-7-9-10-12-25(11-8-2)19-27(41-24(3)37)21-31(42-32(39)28(35-5)23-34-4)33(15-17-36-18-16-33)22-26-13-14-29(38)30(20-26)40-6/h13-14,20,25,27-28,31,34-36,38H,7-12,15-19,21-23H2,1-6H3. The summed E-state index contributed by atoms with van der Waals surface area (Å²) in [6.45, 7) is 7.91. The average Bonchev–Trinajstić information content (AvgIpc) is 2.96. The number of benzene rings is 1. The molecule has 0 amide bonds. The zero-order valence-electron chi connectivity index (χ0n) is 26.9. The number of esters is 2. The minimum Gasteiger partial charge on any atom is -0.504 e. The largest absolute Gasteiger partial charge is 0.504 e. The second kappa shape index (κ2) is 19.0. The first-order valence-corrected chi connectivity index (χ1v) is 16.0. The molecule has 9 nitrogen and oxygen atoms in total. The molecule has 2 rings (SSSR count). The number of methoxy groups -OCH3 is 1. The van der Waals surface area contributed by atoms with Crippen molar-refractivity contribution in [3.05, 3.63) is 23.8 Å². The molecule has 1 aromatic rings. The first kappa shape index (κ1) is 35.8. The Labute approximate surface area is 253 Å². The molecule has 0 bridgehead atoms. The number of nitrogens with one attached hydrogen (secondary N) is 3. The molecule has 1 fully saturated rings. The van der Waals surface area contributed by atoms with Gasteiger partial charge in [0, 0.05) is 25.3 Å². The molecule has 1 saturated heterocycles. The number of phenols is 1. The minimum absolute atomic E-state index is 0.0903. The number of carbonyl (C=O) groups excluding carboxylic acids is 2. The molecule has 0 aliphatic carbocycles. The molecule has 0 saturated carbocycles. The van der Waals surface area contributed by atoms with Crippen molar-refractivity contribution in [3.63, 3.8) is 0 Å². The second-order valence-corrected chi connectivity index (χ2v) is 12.0. The van der Waals surface area contributed by atoms with Crippen molar-refractivity contribution in [1.29, 1.82) is 0 Å². The molecular formula is C33H57N3O6. The first-order chi connectivity index (χ1) is 20.2. The summed E-state index contributed by atoms with van der Waals surface area (Å²) in [7, 11) is 5.11. The van der Waals surface area contributed by atoms with Crippen LogP contribution >= 0.6 is 0 Å². The quantitative estimate of drug-likeness (QED) is 0.126.